The molecule has 138 valence electrons. The number of benzene rings is 1. The molecule has 5 heteroatoms. The molecule has 1 unspecified atom stereocenters. The lowest BCUT2D eigenvalue weighted by Gasteiger charge is -2.48. The second-order valence-corrected chi connectivity index (χ2v) is 7.64. The average molecular weight is 345 g/mol. The third kappa shape index (κ3) is 4.05. The number of morpholine rings is 1. The second kappa shape index (κ2) is 7.85. The molecule has 1 aliphatic heterocycles. The van der Waals surface area contributed by atoms with Gasteiger partial charge in [0.05, 0.1) is 13.2 Å². The summed E-state index contributed by atoms with van der Waals surface area (Å²) in [6.07, 6.45) is 6.02. The number of amides is 1. The van der Waals surface area contributed by atoms with Gasteiger partial charge in [-0.15, -0.1) is 0 Å². The number of nitrogens with zero attached hydrogens (tertiary/aromatic N) is 1. The molecule has 25 heavy (non-hydrogen) atoms. The van der Waals surface area contributed by atoms with E-state index in [2.05, 4.69) is 10.2 Å². The number of carbonyl (C=O) groups excluding carboxylic acids is 1. The van der Waals surface area contributed by atoms with Gasteiger partial charge in [0.15, 0.2) is 0 Å². The molecule has 0 spiro atoms. The maximum Gasteiger partial charge on any atom is 0.244 e. The first-order valence-electron chi connectivity index (χ1n) is 9.50. The van der Waals surface area contributed by atoms with E-state index in [1.165, 1.54) is 19.3 Å². The summed E-state index contributed by atoms with van der Waals surface area (Å²) in [6, 6.07) is 9.61. The zero-order chi connectivity index (χ0) is 17.8. The Bertz CT molecular complexity index is 562. The number of hydrogen-bond donors (Lipinski definition) is 2. The van der Waals surface area contributed by atoms with Crippen molar-refractivity contribution in [3.63, 3.8) is 0 Å². The fourth-order valence-corrected chi connectivity index (χ4v) is 4.20. The summed E-state index contributed by atoms with van der Waals surface area (Å²) >= 11 is 0. The number of nitrogens with one attached hydrogen (secondary N) is 1. The number of nitrogens with two attached hydrogens (primary N) is 1. The van der Waals surface area contributed by atoms with Crippen molar-refractivity contribution >= 4 is 5.91 Å². The number of ether oxygens (including phenoxy) is 1. The molecule has 1 heterocycles. The highest BCUT2D eigenvalue weighted by molar-refractivity contribution is 5.87. The zero-order valence-electron chi connectivity index (χ0n) is 15.3. The molecule has 1 aliphatic carbocycles. The van der Waals surface area contributed by atoms with E-state index >= 15 is 0 Å². The normalized spacial score (nSPS) is 23.6. The lowest BCUT2D eigenvalue weighted by atomic mass is 9.79. The van der Waals surface area contributed by atoms with Gasteiger partial charge in [-0.1, -0.05) is 49.6 Å². The van der Waals surface area contributed by atoms with Crippen LogP contribution < -0.4 is 11.1 Å². The third-order valence-corrected chi connectivity index (χ3v) is 5.89. The molecule has 3 rings (SSSR count). The predicted octanol–water partition coefficient (Wildman–Crippen LogP) is 2.01. The van der Waals surface area contributed by atoms with Crippen LogP contribution in [-0.4, -0.2) is 49.2 Å². The molecule has 0 aromatic heterocycles. The van der Waals surface area contributed by atoms with Crippen LogP contribution in [-0.2, 0) is 15.1 Å². The van der Waals surface area contributed by atoms with Gasteiger partial charge in [0.2, 0.25) is 5.91 Å². The highest BCUT2D eigenvalue weighted by atomic mass is 16.5. The fraction of sp³-hybridized carbons (Fsp3) is 0.650. The van der Waals surface area contributed by atoms with E-state index in [9.17, 15) is 4.79 Å². The van der Waals surface area contributed by atoms with Gasteiger partial charge in [0.1, 0.15) is 5.54 Å². The molecular weight excluding hydrogens is 314 g/mol. The van der Waals surface area contributed by atoms with E-state index in [0.717, 1.165) is 44.7 Å². The predicted molar refractivity (Wildman–Crippen MR) is 99.2 cm³/mol. The van der Waals surface area contributed by atoms with Crippen LogP contribution in [0.15, 0.2) is 30.3 Å². The Balaban J connectivity index is 1.69. The van der Waals surface area contributed by atoms with Crippen molar-refractivity contribution in [1.82, 2.24) is 10.2 Å². The molecule has 1 aromatic rings. The van der Waals surface area contributed by atoms with Crippen LogP contribution in [0.1, 0.15) is 44.6 Å². The number of carbonyl (C=O) groups is 1. The first-order valence-corrected chi connectivity index (χ1v) is 9.50. The Morgan fingerprint density at radius 3 is 2.48 bits per heavy atom. The van der Waals surface area contributed by atoms with Crippen LogP contribution in [0, 0.1) is 0 Å². The molecule has 5 nitrogen and oxygen atoms in total. The molecule has 1 saturated heterocycles. The van der Waals surface area contributed by atoms with Gasteiger partial charge in [-0.2, -0.15) is 0 Å². The Labute approximate surface area is 150 Å². The number of rotatable bonds is 5. The zero-order valence-corrected chi connectivity index (χ0v) is 15.3. The fourth-order valence-electron chi connectivity index (χ4n) is 4.20. The highest BCUT2D eigenvalue weighted by Crippen LogP contribution is 2.34. The molecule has 2 fully saturated rings. The highest BCUT2D eigenvalue weighted by Gasteiger charge is 2.40. The molecule has 1 aromatic carbocycles. The summed E-state index contributed by atoms with van der Waals surface area (Å²) in [4.78, 5) is 15.4. The summed E-state index contributed by atoms with van der Waals surface area (Å²) < 4.78 is 5.52. The van der Waals surface area contributed by atoms with Gasteiger partial charge in [-0.25, -0.2) is 0 Å². The van der Waals surface area contributed by atoms with Gasteiger partial charge >= 0.3 is 0 Å². The van der Waals surface area contributed by atoms with Crippen LogP contribution in [0.5, 0.6) is 0 Å². The van der Waals surface area contributed by atoms with Gasteiger partial charge in [0, 0.05) is 25.2 Å². The maximum atomic E-state index is 12.9. The smallest absolute Gasteiger partial charge is 0.244 e. The molecule has 1 saturated carbocycles. The largest absolute Gasteiger partial charge is 0.379 e. The van der Waals surface area contributed by atoms with E-state index in [1.807, 2.05) is 30.3 Å². The molecular formula is C20H31N3O2. The Morgan fingerprint density at radius 2 is 1.84 bits per heavy atom. The molecule has 1 amide bonds. The van der Waals surface area contributed by atoms with E-state index in [-0.39, 0.29) is 11.4 Å². The molecule has 0 radical (unpaired) electrons. The van der Waals surface area contributed by atoms with Crippen LogP contribution in [0.2, 0.25) is 0 Å². The number of hydrogen-bond acceptors (Lipinski definition) is 4. The van der Waals surface area contributed by atoms with E-state index in [1.54, 1.807) is 6.92 Å². The van der Waals surface area contributed by atoms with Gasteiger partial charge in [-0.3, -0.25) is 9.69 Å². The minimum atomic E-state index is -1.01. The van der Waals surface area contributed by atoms with Crippen molar-refractivity contribution in [3.05, 3.63) is 35.9 Å². The summed E-state index contributed by atoms with van der Waals surface area (Å²) in [5.74, 6) is -0.100. The van der Waals surface area contributed by atoms with E-state index < -0.39 is 5.54 Å². The molecule has 1 atom stereocenters. The van der Waals surface area contributed by atoms with Crippen molar-refractivity contribution in [1.29, 1.82) is 0 Å². The van der Waals surface area contributed by atoms with E-state index in [0.29, 0.717) is 6.54 Å². The average Bonchev–Trinajstić information content (AvgIpc) is 2.68. The van der Waals surface area contributed by atoms with Crippen LogP contribution in [0.3, 0.4) is 0 Å². The monoisotopic (exact) mass is 345 g/mol. The summed E-state index contributed by atoms with van der Waals surface area (Å²) in [5, 5.41) is 3.18. The van der Waals surface area contributed by atoms with E-state index in [4.69, 9.17) is 10.5 Å². The summed E-state index contributed by atoms with van der Waals surface area (Å²) in [6.45, 7) is 5.94. The van der Waals surface area contributed by atoms with Gasteiger partial charge in [0.25, 0.3) is 0 Å². The quantitative estimate of drug-likeness (QED) is 0.857. The molecule has 2 aliphatic rings. The second-order valence-electron chi connectivity index (χ2n) is 7.64. The van der Waals surface area contributed by atoms with Gasteiger partial charge < -0.3 is 15.8 Å². The van der Waals surface area contributed by atoms with Crippen molar-refractivity contribution < 1.29 is 9.53 Å². The molecule has 3 N–H and O–H groups in total. The van der Waals surface area contributed by atoms with Crippen LogP contribution >= 0.6 is 0 Å². The maximum absolute atomic E-state index is 12.9. The third-order valence-electron chi connectivity index (χ3n) is 5.89. The van der Waals surface area contributed by atoms with Crippen molar-refractivity contribution in [2.75, 3.05) is 32.8 Å². The van der Waals surface area contributed by atoms with Crippen molar-refractivity contribution in [2.24, 2.45) is 5.73 Å². The Kier molecular flexibility index (Phi) is 5.77. The minimum absolute atomic E-state index is 0.0600. The lowest BCUT2D eigenvalue weighted by Crippen LogP contribution is -2.61. The molecule has 0 bridgehead atoms. The lowest BCUT2D eigenvalue weighted by molar-refractivity contribution is -0.127. The van der Waals surface area contributed by atoms with Crippen LogP contribution in [0.4, 0.5) is 0 Å². The van der Waals surface area contributed by atoms with Crippen LogP contribution in [0.25, 0.3) is 0 Å². The SMILES string of the molecule is CC(N)(C(=O)NCC1(N2CCOCC2)CCCCC1)c1ccccc1. The first kappa shape index (κ1) is 18.4. The standard InChI is InChI=1S/C20H31N3O2/c1-19(21,17-8-4-2-5-9-17)18(24)22-16-20(10-6-3-7-11-20)23-12-14-25-15-13-23/h2,4-5,8-9H,3,6-7,10-16,21H2,1H3,(H,22,24). The van der Waals surface area contributed by atoms with Gasteiger partial charge in [-0.05, 0) is 25.3 Å². The summed E-state index contributed by atoms with van der Waals surface area (Å²) in [5.41, 5.74) is 6.27. The van der Waals surface area contributed by atoms with Crippen molar-refractivity contribution in [2.45, 2.75) is 50.1 Å². The summed E-state index contributed by atoms with van der Waals surface area (Å²) in [7, 11) is 0. The Hall–Kier alpha value is -1.43. The Morgan fingerprint density at radius 1 is 1.20 bits per heavy atom. The minimum Gasteiger partial charge on any atom is -0.379 e. The first-order chi connectivity index (χ1) is 12.0. The van der Waals surface area contributed by atoms with Crippen molar-refractivity contribution in [3.8, 4) is 0 Å². The topological polar surface area (TPSA) is 67.6 Å².